The molecule has 1 atom stereocenters. The van der Waals surface area contributed by atoms with Gasteiger partial charge in [0.05, 0.1) is 16.7 Å². The highest BCUT2D eigenvalue weighted by Crippen LogP contribution is 2.25. The standard InChI is InChI=1S/C25H25F2N3O3S/c1-16(24-22(26)4-3-5-23(24)27)28-25(31)29-20-8-10-21(11-9-20)34(32,33)15-17-6-7-18-13-30(2)14-19(18)12-17/h3-12,16H,13-15H2,1-2H3,(H2,28,29,31). The van der Waals surface area contributed by atoms with E-state index in [2.05, 4.69) is 15.5 Å². The quantitative estimate of drug-likeness (QED) is 0.527. The number of carbonyl (C=O) groups excluding carboxylic acids is 1. The van der Waals surface area contributed by atoms with Gasteiger partial charge in [0.2, 0.25) is 0 Å². The van der Waals surface area contributed by atoms with E-state index >= 15 is 0 Å². The molecule has 3 aromatic carbocycles. The Bertz CT molecular complexity index is 1310. The molecule has 34 heavy (non-hydrogen) atoms. The lowest BCUT2D eigenvalue weighted by Crippen LogP contribution is -2.32. The summed E-state index contributed by atoms with van der Waals surface area (Å²) in [6, 6.07) is 13.5. The van der Waals surface area contributed by atoms with Gasteiger partial charge in [-0.2, -0.15) is 0 Å². The number of fused-ring (bicyclic) bond motifs is 1. The van der Waals surface area contributed by atoms with Gasteiger partial charge in [-0.3, -0.25) is 4.90 Å². The highest BCUT2D eigenvalue weighted by molar-refractivity contribution is 7.90. The van der Waals surface area contributed by atoms with Gasteiger partial charge in [-0.1, -0.05) is 24.3 Å². The first kappa shape index (κ1) is 23.8. The number of hydrogen-bond acceptors (Lipinski definition) is 4. The predicted molar refractivity (Wildman–Crippen MR) is 126 cm³/mol. The Morgan fingerprint density at radius 3 is 2.32 bits per heavy atom. The van der Waals surface area contributed by atoms with E-state index in [0.29, 0.717) is 5.69 Å². The molecule has 0 radical (unpaired) electrons. The van der Waals surface area contributed by atoms with Crippen LogP contribution in [0.3, 0.4) is 0 Å². The number of nitrogens with one attached hydrogen (secondary N) is 2. The minimum Gasteiger partial charge on any atom is -0.331 e. The fraction of sp³-hybridized carbons (Fsp3) is 0.240. The average molecular weight is 486 g/mol. The number of rotatable bonds is 6. The van der Waals surface area contributed by atoms with E-state index in [1.165, 1.54) is 42.8 Å². The van der Waals surface area contributed by atoms with Crippen molar-refractivity contribution < 1.29 is 22.0 Å². The van der Waals surface area contributed by atoms with Crippen LogP contribution in [0.2, 0.25) is 0 Å². The molecule has 0 saturated carbocycles. The molecule has 1 aliphatic heterocycles. The number of urea groups is 1. The van der Waals surface area contributed by atoms with Gasteiger partial charge in [-0.15, -0.1) is 0 Å². The zero-order valence-corrected chi connectivity index (χ0v) is 19.6. The Morgan fingerprint density at radius 2 is 1.65 bits per heavy atom. The van der Waals surface area contributed by atoms with Crippen molar-refractivity contribution in [2.75, 3.05) is 12.4 Å². The molecule has 2 N–H and O–H groups in total. The summed E-state index contributed by atoms with van der Waals surface area (Å²) in [5, 5.41) is 5.02. The summed E-state index contributed by atoms with van der Waals surface area (Å²) in [7, 11) is -1.56. The number of carbonyl (C=O) groups is 1. The number of halogens is 2. The second kappa shape index (κ2) is 9.52. The van der Waals surface area contributed by atoms with E-state index in [9.17, 15) is 22.0 Å². The van der Waals surface area contributed by atoms with Crippen LogP contribution in [-0.4, -0.2) is 26.4 Å². The van der Waals surface area contributed by atoms with Crippen molar-refractivity contribution in [2.45, 2.75) is 36.7 Å². The minimum atomic E-state index is -3.58. The van der Waals surface area contributed by atoms with E-state index in [4.69, 9.17) is 0 Å². The Balaban J connectivity index is 1.39. The van der Waals surface area contributed by atoms with Crippen LogP contribution in [0.5, 0.6) is 0 Å². The summed E-state index contributed by atoms with van der Waals surface area (Å²) in [5.74, 6) is -1.63. The van der Waals surface area contributed by atoms with Crippen LogP contribution < -0.4 is 10.6 Å². The van der Waals surface area contributed by atoms with Crippen LogP contribution in [0.4, 0.5) is 19.3 Å². The monoisotopic (exact) mass is 485 g/mol. The molecule has 4 rings (SSSR count). The van der Waals surface area contributed by atoms with Crippen LogP contribution in [0, 0.1) is 11.6 Å². The molecule has 0 saturated heterocycles. The number of hydrogen-bond donors (Lipinski definition) is 2. The van der Waals surface area contributed by atoms with Gasteiger partial charge >= 0.3 is 6.03 Å². The van der Waals surface area contributed by atoms with Crippen molar-refractivity contribution in [2.24, 2.45) is 0 Å². The van der Waals surface area contributed by atoms with Crippen molar-refractivity contribution in [3.05, 3.63) is 94.6 Å². The van der Waals surface area contributed by atoms with Crippen molar-refractivity contribution in [3.63, 3.8) is 0 Å². The maximum Gasteiger partial charge on any atom is 0.319 e. The Labute approximate surface area is 197 Å². The third-order valence-electron chi connectivity index (χ3n) is 5.76. The molecule has 0 aliphatic carbocycles. The van der Waals surface area contributed by atoms with Crippen LogP contribution >= 0.6 is 0 Å². The van der Waals surface area contributed by atoms with E-state index in [0.717, 1.165) is 36.3 Å². The Morgan fingerprint density at radius 1 is 1.00 bits per heavy atom. The molecule has 0 spiro atoms. The lowest BCUT2D eigenvalue weighted by molar-refractivity contribution is 0.249. The second-order valence-corrected chi connectivity index (χ2v) is 10.5. The molecule has 0 fully saturated rings. The lowest BCUT2D eigenvalue weighted by atomic mass is 10.1. The summed E-state index contributed by atoms with van der Waals surface area (Å²) in [4.78, 5) is 14.6. The Kier molecular flexibility index (Phi) is 6.67. The predicted octanol–water partition coefficient (Wildman–Crippen LogP) is 4.77. The van der Waals surface area contributed by atoms with Crippen molar-refractivity contribution in [1.29, 1.82) is 0 Å². The van der Waals surface area contributed by atoms with Crippen LogP contribution in [-0.2, 0) is 28.7 Å². The van der Waals surface area contributed by atoms with E-state index in [-0.39, 0.29) is 16.2 Å². The minimum absolute atomic E-state index is 0.122. The topological polar surface area (TPSA) is 78.5 Å². The van der Waals surface area contributed by atoms with Crippen molar-refractivity contribution in [1.82, 2.24) is 10.2 Å². The van der Waals surface area contributed by atoms with Crippen LogP contribution in [0.25, 0.3) is 0 Å². The molecule has 6 nitrogen and oxygen atoms in total. The molecule has 1 aliphatic rings. The van der Waals surface area contributed by atoms with Crippen LogP contribution in [0.15, 0.2) is 65.6 Å². The van der Waals surface area contributed by atoms with Gasteiger partial charge in [0.1, 0.15) is 11.6 Å². The largest absolute Gasteiger partial charge is 0.331 e. The zero-order valence-electron chi connectivity index (χ0n) is 18.8. The summed E-state index contributed by atoms with van der Waals surface area (Å²) in [5.41, 5.74) is 3.19. The molecule has 3 aromatic rings. The molecule has 178 valence electrons. The number of benzene rings is 3. The second-order valence-electron chi connectivity index (χ2n) is 8.51. The molecular weight excluding hydrogens is 460 g/mol. The zero-order chi connectivity index (χ0) is 24.5. The average Bonchev–Trinajstić information content (AvgIpc) is 3.13. The summed E-state index contributed by atoms with van der Waals surface area (Å²) in [6.07, 6.45) is 0. The highest BCUT2D eigenvalue weighted by atomic mass is 32.2. The first-order valence-electron chi connectivity index (χ1n) is 10.8. The molecule has 1 unspecified atom stereocenters. The fourth-order valence-electron chi connectivity index (χ4n) is 4.12. The first-order valence-corrected chi connectivity index (χ1v) is 12.4. The SMILES string of the molecule is CC(NC(=O)Nc1ccc(S(=O)(=O)Cc2ccc3c(c2)CN(C)C3)cc1)c1c(F)cccc1F. The third kappa shape index (κ3) is 5.26. The number of nitrogens with zero attached hydrogens (tertiary/aromatic N) is 1. The third-order valence-corrected chi connectivity index (χ3v) is 7.46. The molecule has 9 heteroatoms. The van der Waals surface area contributed by atoms with E-state index < -0.39 is 33.5 Å². The molecule has 0 bridgehead atoms. The van der Waals surface area contributed by atoms with Crippen molar-refractivity contribution in [3.8, 4) is 0 Å². The van der Waals surface area contributed by atoms with E-state index in [1.54, 1.807) is 0 Å². The normalized spacial score (nSPS) is 14.5. The van der Waals surface area contributed by atoms with Gasteiger partial charge in [-0.25, -0.2) is 22.0 Å². The van der Waals surface area contributed by atoms with Gasteiger partial charge < -0.3 is 10.6 Å². The summed E-state index contributed by atoms with van der Waals surface area (Å²) < 4.78 is 53.6. The highest BCUT2D eigenvalue weighted by Gasteiger charge is 2.20. The van der Waals surface area contributed by atoms with Gasteiger partial charge in [0.25, 0.3) is 0 Å². The fourth-order valence-corrected chi connectivity index (χ4v) is 5.45. The number of sulfone groups is 1. The summed E-state index contributed by atoms with van der Waals surface area (Å²) in [6.45, 7) is 3.12. The lowest BCUT2D eigenvalue weighted by Gasteiger charge is -2.16. The van der Waals surface area contributed by atoms with Gasteiger partial charge in [-0.05, 0) is 67.1 Å². The van der Waals surface area contributed by atoms with Gasteiger partial charge in [0, 0.05) is 24.3 Å². The molecule has 1 heterocycles. The Hall–Kier alpha value is -3.30. The molecule has 0 aromatic heterocycles. The first-order chi connectivity index (χ1) is 16.1. The smallest absolute Gasteiger partial charge is 0.319 e. The van der Waals surface area contributed by atoms with E-state index in [1.807, 2.05) is 25.2 Å². The van der Waals surface area contributed by atoms with Gasteiger partial charge in [0.15, 0.2) is 9.84 Å². The summed E-state index contributed by atoms with van der Waals surface area (Å²) >= 11 is 0. The molecular formula is C25H25F2N3O3S. The maximum absolute atomic E-state index is 13.9. The van der Waals surface area contributed by atoms with Crippen LogP contribution in [0.1, 0.15) is 35.2 Å². The van der Waals surface area contributed by atoms with Crippen molar-refractivity contribution >= 4 is 21.6 Å². The maximum atomic E-state index is 13.9. The molecule has 2 amide bonds. The number of anilines is 1. The number of amides is 2.